The Hall–Kier alpha value is -1.27. The van der Waals surface area contributed by atoms with Crippen molar-refractivity contribution < 1.29 is 0 Å². The van der Waals surface area contributed by atoms with Crippen LogP contribution < -0.4 is 5.73 Å². The van der Waals surface area contributed by atoms with Crippen LogP contribution in [0.3, 0.4) is 0 Å². The van der Waals surface area contributed by atoms with Crippen LogP contribution in [0.5, 0.6) is 0 Å². The molecule has 6 heteroatoms. The molecule has 0 aliphatic carbocycles. The van der Waals surface area contributed by atoms with Crippen LogP contribution >= 0.6 is 11.3 Å². The predicted molar refractivity (Wildman–Crippen MR) is 63.1 cm³/mol. The van der Waals surface area contributed by atoms with Gasteiger partial charge in [0.2, 0.25) is 0 Å². The Morgan fingerprint density at radius 2 is 2.44 bits per heavy atom. The van der Waals surface area contributed by atoms with Gasteiger partial charge < -0.3 is 5.73 Å². The summed E-state index contributed by atoms with van der Waals surface area (Å²) in [5.74, 6) is 0. The molecule has 2 N–H and O–H groups in total. The van der Waals surface area contributed by atoms with Crippen LogP contribution in [-0.2, 0) is 6.54 Å². The van der Waals surface area contributed by atoms with Crippen LogP contribution in [0.4, 0.5) is 0 Å². The Balaban J connectivity index is 2.02. The number of nitrogens with two attached hydrogens (primary N) is 1. The Morgan fingerprint density at radius 3 is 3.12 bits per heavy atom. The van der Waals surface area contributed by atoms with Crippen molar-refractivity contribution in [3.63, 3.8) is 0 Å². The molecule has 0 saturated heterocycles. The summed E-state index contributed by atoms with van der Waals surface area (Å²) in [5, 5.41) is 10.1. The van der Waals surface area contributed by atoms with Gasteiger partial charge in [0.25, 0.3) is 0 Å². The molecule has 86 valence electrons. The van der Waals surface area contributed by atoms with E-state index in [4.69, 9.17) is 5.73 Å². The minimum atomic E-state index is -0.00539. The van der Waals surface area contributed by atoms with Gasteiger partial charge in [-0.3, -0.25) is 0 Å². The average molecular weight is 237 g/mol. The summed E-state index contributed by atoms with van der Waals surface area (Å²) in [6, 6.07) is -0.00539. The molecule has 0 saturated carbocycles. The third kappa shape index (κ3) is 2.65. The van der Waals surface area contributed by atoms with E-state index < -0.39 is 0 Å². The van der Waals surface area contributed by atoms with E-state index in [2.05, 4.69) is 22.2 Å². The van der Waals surface area contributed by atoms with Crippen molar-refractivity contribution in [3.8, 4) is 0 Å². The molecule has 0 bridgehead atoms. The molecule has 2 heterocycles. The molecular weight excluding hydrogens is 222 g/mol. The Morgan fingerprint density at radius 1 is 1.56 bits per heavy atom. The maximum absolute atomic E-state index is 5.96. The predicted octanol–water partition coefficient (Wildman–Crippen LogP) is 1.58. The minimum absolute atomic E-state index is 0.00539. The topological polar surface area (TPSA) is 69.6 Å². The van der Waals surface area contributed by atoms with Gasteiger partial charge in [-0.1, -0.05) is 18.6 Å². The summed E-state index contributed by atoms with van der Waals surface area (Å²) in [5.41, 5.74) is 9.64. The van der Waals surface area contributed by atoms with E-state index in [0.717, 1.165) is 24.2 Å². The van der Waals surface area contributed by atoms with Crippen LogP contribution in [-0.4, -0.2) is 20.0 Å². The fourth-order valence-electron chi connectivity index (χ4n) is 1.50. The molecule has 1 atom stereocenters. The SMILES string of the molecule is CCCC(N)c1cn(Cc2cscn2)nn1. The molecule has 0 aliphatic heterocycles. The van der Waals surface area contributed by atoms with E-state index in [9.17, 15) is 0 Å². The van der Waals surface area contributed by atoms with Crippen molar-refractivity contribution in [2.24, 2.45) is 5.73 Å². The van der Waals surface area contributed by atoms with Gasteiger partial charge in [-0.2, -0.15) is 0 Å². The zero-order valence-electron chi connectivity index (χ0n) is 9.21. The summed E-state index contributed by atoms with van der Waals surface area (Å²) in [7, 11) is 0. The zero-order valence-corrected chi connectivity index (χ0v) is 10.0. The fourth-order valence-corrected chi connectivity index (χ4v) is 2.05. The molecule has 2 aromatic heterocycles. The Kier molecular flexibility index (Phi) is 3.63. The number of rotatable bonds is 5. The van der Waals surface area contributed by atoms with Crippen LogP contribution in [0.2, 0.25) is 0 Å². The lowest BCUT2D eigenvalue weighted by Crippen LogP contribution is -2.10. The third-order valence-electron chi connectivity index (χ3n) is 2.34. The van der Waals surface area contributed by atoms with E-state index in [1.807, 2.05) is 17.1 Å². The molecule has 0 aromatic carbocycles. The van der Waals surface area contributed by atoms with E-state index in [0.29, 0.717) is 6.54 Å². The molecule has 1 unspecified atom stereocenters. The highest BCUT2D eigenvalue weighted by atomic mass is 32.1. The molecule has 16 heavy (non-hydrogen) atoms. The van der Waals surface area contributed by atoms with Gasteiger partial charge in [0, 0.05) is 5.38 Å². The first-order valence-corrected chi connectivity index (χ1v) is 6.26. The van der Waals surface area contributed by atoms with Crippen LogP contribution in [0, 0.1) is 0 Å². The second-order valence-corrected chi connectivity index (χ2v) is 4.43. The minimum Gasteiger partial charge on any atom is -0.323 e. The molecule has 5 nitrogen and oxygen atoms in total. The Bertz CT molecular complexity index is 422. The van der Waals surface area contributed by atoms with Crippen molar-refractivity contribution in [1.29, 1.82) is 0 Å². The van der Waals surface area contributed by atoms with Crippen LogP contribution in [0.1, 0.15) is 37.2 Å². The van der Waals surface area contributed by atoms with Crippen LogP contribution in [0.15, 0.2) is 17.1 Å². The van der Waals surface area contributed by atoms with Crippen molar-refractivity contribution in [1.82, 2.24) is 20.0 Å². The molecule has 0 amide bonds. The molecule has 2 aromatic rings. The lowest BCUT2D eigenvalue weighted by molar-refractivity contribution is 0.616. The largest absolute Gasteiger partial charge is 0.323 e. The molecular formula is C10H15N5S. The van der Waals surface area contributed by atoms with E-state index >= 15 is 0 Å². The zero-order chi connectivity index (χ0) is 11.4. The van der Waals surface area contributed by atoms with Crippen molar-refractivity contribution in [2.75, 3.05) is 0 Å². The molecule has 2 rings (SSSR count). The maximum Gasteiger partial charge on any atom is 0.0994 e. The molecule has 0 aliphatic rings. The number of hydrogen-bond donors (Lipinski definition) is 1. The van der Waals surface area contributed by atoms with Crippen molar-refractivity contribution in [3.05, 3.63) is 28.5 Å². The third-order valence-corrected chi connectivity index (χ3v) is 2.98. The number of thiazole rings is 1. The van der Waals surface area contributed by atoms with Crippen molar-refractivity contribution >= 4 is 11.3 Å². The van der Waals surface area contributed by atoms with Crippen LogP contribution in [0.25, 0.3) is 0 Å². The average Bonchev–Trinajstić information content (AvgIpc) is 2.90. The van der Waals surface area contributed by atoms with Gasteiger partial charge in [0.15, 0.2) is 0 Å². The second-order valence-electron chi connectivity index (χ2n) is 3.72. The first-order valence-electron chi connectivity index (χ1n) is 5.32. The first kappa shape index (κ1) is 11.2. The Labute approximate surface area is 98.3 Å². The van der Waals surface area contributed by atoms with Gasteiger partial charge in [-0.05, 0) is 6.42 Å². The highest BCUT2D eigenvalue weighted by Gasteiger charge is 2.09. The first-order chi connectivity index (χ1) is 7.79. The monoisotopic (exact) mass is 237 g/mol. The standard InChI is InChI=1S/C10H15N5S/c1-2-3-9(11)10-5-15(14-13-10)4-8-6-16-7-12-8/h5-7,9H,2-4,11H2,1H3. The highest BCUT2D eigenvalue weighted by molar-refractivity contribution is 7.07. The van der Waals surface area contributed by atoms with Gasteiger partial charge in [0.05, 0.1) is 35.7 Å². The smallest absolute Gasteiger partial charge is 0.0994 e. The lowest BCUT2D eigenvalue weighted by atomic mass is 10.1. The van der Waals surface area contributed by atoms with Gasteiger partial charge >= 0.3 is 0 Å². The van der Waals surface area contributed by atoms with E-state index in [-0.39, 0.29) is 6.04 Å². The van der Waals surface area contributed by atoms with E-state index in [1.54, 1.807) is 16.0 Å². The molecule has 0 spiro atoms. The maximum atomic E-state index is 5.96. The van der Waals surface area contributed by atoms with E-state index in [1.165, 1.54) is 0 Å². The lowest BCUT2D eigenvalue weighted by Gasteiger charge is -2.04. The van der Waals surface area contributed by atoms with Gasteiger partial charge in [0.1, 0.15) is 0 Å². The summed E-state index contributed by atoms with van der Waals surface area (Å²) in [4.78, 5) is 4.20. The number of aromatic nitrogens is 4. The number of hydrogen-bond acceptors (Lipinski definition) is 5. The molecule has 0 radical (unpaired) electrons. The molecule has 0 fully saturated rings. The summed E-state index contributed by atoms with van der Waals surface area (Å²) < 4.78 is 1.78. The second kappa shape index (κ2) is 5.18. The summed E-state index contributed by atoms with van der Waals surface area (Å²) in [6.45, 7) is 2.77. The number of nitrogens with zero attached hydrogens (tertiary/aromatic N) is 4. The fraction of sp³-hybridized carbons (Fsp3) is 0.500. The van der Waals surface area contributed by atoms with Gasteiger partial charge in [-0.25, -0.2) is 9.67 Å². The summed E-state index contributed by atoms with van der Waals surface area (Å²) in [6.07, 6.45) is 3.90. The highest BCUT2D eigenvalue weighted by Crippen LogP contribution is 2.12. The van der Waals surface area contributed by atoms with Crippen molar-refractivity contribution in [2.45, 2.75) is 32.4 Å². The summed E-state index contributed by atoms with van der Waals surface area (Å²) >= 11 is 1.58. The van der Waals surface area contributed by atoms with Gasteiger partial charge in [-0.15, -0.1) is 16.4 Å². The normalized spacial score (nSPS) is 12.9. The quantitative estimate of drug-likeness (QED) is 0.857.